The second kappa shape index (κ2) is 6.38. The Hall–Kier alpha value is -2.40. The number of benzene rings is 2. The van der Waals surface area contributed by atoms with E-state index in [0.717, 1.165) is 6.07 Å². The number of halogens is 2. The van der Waals surface area contributed by atoms with E-state index in [1.165, 1.54) is 19.1 Å². The summed E-state index contributed by atoms with van der Waals surface area (Å²) in [6, 6.07) is 10.3. The van der Waals surface area contributed by atoms with Crippen LogP contribution in [0.4, 0.5) is 4.39 Å². The highest BCUT2D eigenvalue weighted by molar-refractivity contribution is 6.30. The standard InChI is InChI=1S/C17H16ClFN2O2/c1-10-6-7-13(19)9-14(10)15(22)21-17(2,16(20)23)11-4-3-5-12(18)8-11/h3-9H,1-2H3,(H2,20,23)(H,21,22)/t17-/m1/s1. The van der Waals surface area contributed by atoms with Crippen LogP contribution < -0.4 is 11.1 Å². The molecular formula is C17H16ClFN2O2. The molecular weight excluding hydrogens is 319 g/mol. The number of carbonyl (C=O) groups is 2. The predicted molar refractivity (Wildman–Crippen MR) is 86.6 cm³/mol. The van der Waals surface area contributed by atoms with Crippen LogP contribution in [0.5, 0.6) is 0 Å². The molecule has 0 aliphatic rings. The highest BCUT2D eigenvalue weighted by Gasteiger charge is 2.35. The zero-order valence-corrected chi connectivity index (χ0v) is 13.4. The molecule has 2 aromatic carbocycles. The fraction of sp³-hybridized carbons (Fsp3) is 0.176. The second-order valence-electron chi connectivity index (χ2n) is 5.41. The van der Waals surface area contributed by atoms with E-state index in [4.69, 9.17) is 17.3 Å². The van der Waals surface area contributed by atoms with E-state index in [1.54, 1.807) is 31.2 Å². The molecule has 0 saturated carbocycles. The van der Waals surface area contributed by atoms with Crippen molar-refractivity contribution < 1.29 is 14.0 Å². The Morgan fingerprint density at radius 1 is 1.22 bits per heavy atom. The minimum Gasteiger partial charge on any atom is -0.367 e. The third-order valence-corrected chi connectivity index (χ3v) is 3.94. The summed E-state index contributed by atoms with van der Waals surface area (Å²) in [4.78, 5) is 24.4. The smallest absolute Gasteiger partial charge is 0.252 e. The van der Waals surface area contributed by atoms with Crippen LogP contribution in [0.3, 0.4) is 0 Å². The van der Waals surface area contributed by atoms with Crippen molar-refractivity contribution >= 4 is 23.4 Å². The lowest BCUT2D eigenvalue weighted by Gasteiger charge is -2.28. The third kappa shape index (κ3) is 3.51. The number of nitrogens with two attached hydrogens (primary N) is 1. The summed E-state index contributed by atoms with van der Waals surface area (Å²) in [5.74, 6) is -1.88. The topological polar surface area (TPSA) is 72.2 Å². The normalized spacial score (nSPS) is 13.2. The number of nitrogens with one attached hydrogen (secondary N) is 1. The molecule has 0 aliphatic carbocycles. The average Bonchev–Trinajstić information content (AvgIpc) is 2.49. The molecule has 4 nitrogen and oxygen atoms in total. The maximum atomic E-state index is 13.4. The first-order valence-corrected chi connectivity index (χ1v) is 7.26. The van der Waals surface area contributed by atoms with Crippen LogP contribution >= 0.6 is 11.6 Å². The molecule has 6 heteroatoms. The Morgan fingerprint density at radius 3 is 2.52 bits per heavy atom. The van der Waals surface area contributed by atoms with Crippen LogP contribution in [0.2, 0.25) is 5.02 Å². The zero-order valence-electron chi connectivity index (χ0n) is 12.7. The summed E-state index contributed by atoms with van der Waals surface area (Å²) in [5, 5.41) is 2.99. The second-order valence-corrected chi connectivity index (χ2v) is 5.85. The molecule has 0 saturated heterocycles. The number of amides is 2. The van der Waals surface area contributed by atoms with Gasteiger partial charge in [0.2, 0.25) is 5.91 Å². The summed E-state index contributed by atoms with van der Waals surface area (Å²) in [7, 11) is 0. The highest BCUT2D eigenvalue weighted by Crippen LogP contribution is 2.24. The molecule has 0 heterocycles. The molecule has 0 aromatic heterocycles. The number of aryl methyl sites for hydroxylation is 1. The van der Waals surface area contributed by atoms with Crippen LogP contribution in [0.15, 0.2) is 42.5 Å². The molecule has 1 atom stereocenters. The van der Waals surface area contributed by atoms with Crippen molar-refractivity contribution in [2.75, 3.05) is 0 Å². The molecule has 2 amide bonds. The molecule has 2 rings (SSSR count). The van der Waals surface area contributed by atoms with Crippen LogP contribution in [-0.2, 0) is 10.3 Å². The maximum absolute atomic E-state index is 13.4. The molecule has 0 bridgehead atoms. The van der Waals surface area contributed by atoms with Gasteiger partial charge in [0.15, 0.2) is 0 Å². The molecule has 3 N–H and O–H groups in total. The van der Waals surface area contributed by atoms with Crippen molar-refractivity contribution in [3.05, 3.63) is 70.0 Å². The summed E-state index contributed by atoms with van der Waals surface area (Å²) in [6.45, 7) is 3.16. The van der Waals surface area contributed by atoms with Gasteiger partial charge in [0.05, 0.1) is 0 Å². The Morgan fingerprint density at radius 2 is 1.91 bits per heavy atom. The Bertz CT molecular complexity index is 779. The molecule has 0 unspecified atom stereocenters. The van der Waals surface area contributed by atoms with Crippen molar-refractivity contribution in [3.63, 3.8) is 0 Å². The van der Waals surface area contributed by atoms with Gasteiger partial charge in [-0.15, -0.1) is 0 Å². The van der Waals surface area contributed by atoms with E-state index in [0.29, 0.717) is 16.1 Å². The first kappa shape index (κ1) is 17.0. The lowest BCUT2D eigenvalue weighted by Crippen LogP contribution is -2.52. The Balaban J connectivity index is 2.42. The maximum Gasteiger partial charge on any atom is 0.252 e. The zero-order chi connectivity index (χ0) is 17.2. The highest BCUT2D eigenvalue weighted by atomic mass is 35.5. The monoisotopic (exact) mass is 334 g/mol. The molecule has 2 aromatic rings. The van der Waals surface area contributed by atoms with E-state index >= 15 is 0 Å². The lowest BCUT2D eigenvalue weighted by molar-refractivity contribution is -0.123. The minimum atomic E-state index is -1.47. The van der Waals surface area contributed by atoms with Gasteiger partial charge in [-0.25, -0.2) is 4.39 Å². The Labute approximate surface area is 138 Å². The molecule has 0 radical (unpaired) electrons. The van der Waals surface area contributed by atoms with Crippen LogP contribution in [-0.4, -0.2) is 11.8 Å². The molecule has 120 valence electrons. The van der Waals surface area contributed by atoms with Crippen molar-refractivity contribution in [3.8, 4) is 0 Å². The van der Waals surface area contributed by atoms with Crippen molar-refractivity contribution in [1.29, 1.82) is 0 Å². The fourth-order valence-corrected chi connectivity index (χ4v) is 2.40. The van der Waals surface area contributed by atoms with Gasteiger partial charge in [-0.05, 0) is 49.2 Å². The van der Waals surface area contributed by atoms with Gasteiger partial charge < -0.3 is 11.1 Å². The molecule has 0 fully saturated rings. The number of rotatable bonds is 4. The molecule has 23 heavy (non-hydrogen) atoms. The average molecular weight is 335 g/mol. The minimum absolute atomic E-state index is 0.138. The number of hydrogen-bond acceptors (Lipinski definition) is 2. The Kier molecular flexibility index (Phi) is 4.71. The van der Waals surface area contributed by atoms with Gasteiger partial charge in [-0.3, -0.25) is 9.59 Å². The molecule has 0 aliphatic heterocycles. The van der Waals surface area contributed by atoms with E-state index in [9.17, 15) is 14.0 Å². The first-order chi connectivity index (χ1) is 10.7. The van der Waals surface area contributed by atoms with Crippen LogP contribution in [0, 0.1) is 12.7 Å². The van der Waals surface area contributed by atoms with Crippen LogP contribution in [0.1, 0.15) is 28.4 Å². The summed E-state index contributed by atoms with van der Waals surface area (Å²) >= 11 is 5.94. The van der Waals surface area contributed by atoms with Gasteiger partial charge in [-0.1, -0.05) is 29.8 Å². The number of primary amides is 1. The number of hydrogen-bond donors (Lipinski definition) is 2. The van der Waals surface area contributed by atoms with E-state index < -0.39 is 23.2 Å². The fourth-order valence-electron chi connectivity index (χ4n) is 2.21. The van der Waals surface area contributed by atoms with Gasteiger partial charge in [0, 0.05) is 10.6 Å². The van der Waals surface area contributed by atoms with Gasteiger partial charge in [0.1, 0.15) is 11.4 Å². The van der Waals surface area contributed by atoms with Gasteiger partial charge in [0.25, 0.3) is 5.91 Å². The van der Waals surface area contributed by atoms with E-state index in [2.05, 4.69) is 5.32 Å². The number of carbonyl (C=O) groups excluding carboxylic acids is 2. The summed E-state index contributed by atoms with van der Waals surface area (Å²) in [6.07, 6.45) is 0. The summed E-state index contributed by atoms with van der Waals surface area (Å²) in [5.41, 5.74) is 5.17. The SMILES string of the molecule is Cc1ccc(F)cc1C(=O)N[C@@](C)(C(N)=O)c1cccc(Cl)c1. The van der Waals surface area contributed by atoms with Gasteiger partial charge in [-0.2, -0.15) is 0 Å². The first-order valence-electron chi connectivity index (χ1n) is 6.88. The molecule has 0 spiro atoms. The van der Waals surface area contributed by atoms with Crippen molar-refractivity contribution in [1.82, 2.24) is 5.32 Å². The van der Waals surface area contributed by atoms with Crippen molar-refractivity contribution in [2.24, 2.45) is 5.73 Å². The lowest BCUT2D eigenvalue weighted by atomic mass is 9.90. The largest absolute Gasteiger partial charge is 0.367 e. The summed E-state index contributed by atoms with van der Waals surface area (Å²) < 4.78 is 13.4. The quantitative estimate of drug-likeness (QED) is 0.902. The van der Waals surface area contributed by atoms with E-state index in [1.807, 2.05) is 0 Å². The van der Waals surface area contributed by atoms with Crippen LogP contribution in [0.25, 0.3) is 0 Å². The predicted octanol–water partition coefficient (Wildman–Crippen LogP) is 2.92. The third-order valence-electron chi connectivity index (χ3n) is 3.70. The van der Waals surface area contributed by atoms with Gasteiger partial charge >= 0.3 is 0 Å². The van der Waals surface area contributed by atoms with E-state index in [-0.39, 0.29) is 5.56 Å². The van der Waals surface area contributed by atoms with Crippen molar-refractivity contribution in [2.45, 2.75) is 19.4 Å².